The molecule has 1 aliphatic rings. The number of ether oxygens (including phenoxy) is 1. The minimum absolute atomic E-state index is 0.0146. The van der Waals surface area contributed by atoms with Crippen molar-refractivity contribution in [2.45, 2.75) is 32.5 Å². The van der Waals surface area contributed by atoms with E-state index >= 15 is 0 Å². The minimum atomic E-state index is -0.0396. The molecule has 0 spiro atoms. The minimum Gasteiger partial charge on any atom is -0.497 e. The van der Waals surface area contributed by atoms with Gasteiger partial charge in [-0.2, -0.15) is 0 Å². The van der Waals surface area contributed by atoms with Gasteiger partial charge in [0, 0.05) is 29.8 Å². The molecule has 0 bridgehead atoms. The van der Waals surface area contributed by atoms with E-state index in [1.165, 1.54) is 22.5 Å². The molecule has 5 rings (SSSR count). The lowest BCUT2D eigenvalue weighted by molar-refractivity contribution is 0.310. The molecule has 1 N–H and O–H groups in total. The molecule has 1 fully saturated rings. The molecule has 34 heavy (non-hydrogen) atoms. The molecule has 2 atom stereocenters. The normalized spacial score (nSPS) is 17.6. The zero-order valence-corrected chi connectivity index (χ0v) is 20.4. The fourth-order valence-corrected chi connectivity index (χ4v) is 5.22. The summed E-state index contributed by atoms with van der Waals surface area (Å²) in [5.74, 6) is 0.848. The average molecular weight is 469 g/mol. The monoisotopic (exact) mass is 468 g/mol. The van der Waals surface area contributed by atoms with E-state index in [0.29, 0.717) is 0 Å². The van der Waals surface area contributed by atoms with Crippen LogP contribution in [0.25, 0.3) is 5.69 Å². The molecule has 5 nitrogen and oxygen atoms in total. The predicted molar refractivity (Wildman–Crippen MR) is 139 cm³/mol. The van der Waals surface area contributed by atoms with Crippen molar-refractivity contribution < 1.29 is 4.74 Å². The molecule has 172 valence electrons. The highest BCUT2D eigenvalue weighted by atomic mass is 32.1. The summed E-state index contributed by atoms with van der Waals surface area (Å²) >= 11 is 5.86. The number of thiocarbonyl (C=S) groups is 1. The molecule has 1 aliphatic heterocycles. The number of nitrogens with one attached hydrogen (secondary N) is 1. The number of pyridine rings is 1. The maximum atomic E-state index is 5.86. The Morgan fingerprint density at radius 3 is 2.38 bits per heavy atom. The summed E-state index contributed by atoms with van der Waals surface area (Å²) in [6.45, 7) is 5.07. The summed E-state index contributed by atoms with van der Waals surface area (Å²) < 4.78 is 7.65. The number of rotatable bonds is 6. The van der Waals surface area contributed by atoms with Gasteiger partial charge in [-0.3, -0.25) is 4.98 Å². The zero-order chi connectivity index (χ0) is 23.7. The first-order valence-corrected chi connectivity index (χ1v) is 11.8. The van der Waals surface area contributed by atoms with Gasteiger partial charge in [0.15, 0.2) is 5.11 Å². The van der Waals surface area contributed by atoms with Gasteiger partial charge in [0.25, 0.3) is 0 Å². The molecule has 2 aromatic carbocycles. The molecule has 0 unspecified atom stereocenters. The van der Waals surface area contributed by atoms with Gasteiger partial charge in [-0.1, -0.05) is 36.4 Å². The first-order valence-electron chi connectivity index (χ1n) is 11.4. The van der Waals surface area contributed by atoms with Crippen LogP contribution >= 0.6 is 12.2 Å². The van der Waals surface area contributed by atoms with Crippen LogP contribution in [0.4, 0.5) is 0 Å². The lowest BCUT2D eigenvalue weighted by Crippen LogP contribution is -2.29. The lowest BCUT2D eigenvalue weighted by Gasteiger charge is -2.28. The van der Waals surface area contributed by atoms with Gasteiger partial charge in [-0.25, -0.2) is 0 Å². The van der Waals surface area contributed by atoms with E-state index < -0.39 is 0 Å². The summed E-state index contributed by atoms with van der Waals surface area (Å²) in [5.41, 5.74) is 6.93. The van der Waals surface area contributed by atoms with Crippen LogP contribution in [0.2, 0.25) is 0 Å². The zero-order valence-electron chi connectivity index (χ0n) is 19.6. The van der Waals surface area contributed by atoms with Crippen molar-refractivity contribution in [3.05, 3.63) is 113 Å². The Morgan fingerprint density at radius 2 is 1.71 bits per heavy atom. The van der Waals surface area contributed by atoms with Crippen molar-refractivity contribution in [3.63, 3.8) is 0 Å². The Morgan fingerprint density at radius 1 is 0.971 bits per heavy atom. The fraction of sp³-hybridized carbons (Fsp3) is 0.214. The number of benzene rings is 2. The summed E-state index contributed by atoms with van der Waals surface area (Å²) in [5, 5.41) is 4.32. The lowest BCUT2D eigenvalue weighted by atomic mass is 9.96. The van der Waals surface area contributed by atoms with Crippen LogP contribution in [0.15, 0.2) is 85.1 Å². The van der Waals surface area contributed by atoms with Crippen molar-refractivity contribution in [2.24, 2.45) is 0 Å². The molecule has 0 saturated carbocycles. The molecular weight excluding hydrogens is 440 g/mol. The van der Waals surface area contributed by atoms with Crippen molar-refractivity contribution in [1.29, 1.82) is 0 Å². The first kappa shape index (κ1) is 22.2. The Bertz CT molecular complexity index is 1290. The van der Waals surface area contributed by atoms with E-state index in [9.17, 15) is 0 Å². The van der Waals surface area contributed by atoms with Crippen LogP contribution in [0.3, 0.4) is 0 Å². The quantitative estimate of drug-likeness (QED) is 0.369. The smallest absolute Gasteiger partial charge is 0.170 e. The standard InChI is InChI=1S/C28H28N4OS/c1-19-17-24(20(2)32(19)22-12-14-23(33-3)15-13-22)27-26(25-11-7-8-16-29-25)30-28(34)31(27)18-21-9-5-4-6-10-21/h4-17,26-27H,18H2,1-3H3,(H,30,34)/t26-,27+/m1/s1. The van der Waals surface area contributed by atoms with Crippen LogP contribution in [0.5, 0.6) is 5.75 Å². The van der Waals surface area contributed by atoms with Gasteiger partial charge in [-0.05, 0) is 79.7 Å². The average Bonchev–Trinajstić information content (AvgIpc) is 3.35. The molecule has 0 aliphatic carbocycles. The number of aryl methyl sites for hydroxylation is 1. The predicted octanol–water partition coefficient (Wildman–Crippen LogP) is 5.67. The maximum absolute atomic E-state index is 5.86. The molecular formula is C28H28N4OS. The highest BCUT2D eigenvalue weighted by Crippen LogP contribution is 2.42. The Hall–Kier alpha value is -3.64. The van der Waals surface area contributed by atoms with Gasteiger partial charge in [-0.15, -0.1) is 0 Å². The van der Waals surface area contributed by atoms with E-state index in [2.05, 4.69) is 82.1 Å². The summed E-state index contributed by atoms with van der Waals surface area (Å²) in [6.07, 6.45) is 1.84. The van der Waals surface area contributed by atoms with Crippen LogP contribution in [0.1, 0.15) is 40.3 Å². The molecule has 6 heteroatoms. The van der Waals surface area contributed by atoms with E-state index in [-0.39, 0.29) is 12.1 Å². The van der Waals surface area contributed by atoms with Crippen molar-refractivity contribution in [2.75, 3.05) is 7.11 Å². The van der Waals surface area contributed by atoms with Crippen LogP contribution < -0.4 is 10.1 Å². The molecule has 2 aromatic heterocycles. The van der Waals surface area contributed by atoms with Crippen LogP contribution in [-0.4, -0.2) is 26.7 Å². The second-order valence-corrected chi connectivity index (χ2v) is 8.99. The summed E-state index contributed by atoms with van der Waals surface area (Å²) in [4.78, 5) is 6.97. The van der Waals surface area contributed by atoms with Crippen LogP contribution in [0, 0.1) is 13.8 Å². The van der Waals surface area contributed by atoms with E-state index in [1.807, 2.05) is 36.5 Å². The highest BCUT2D eigenvalue weighted by Gasteiger charge is 2.41. The largest absolute Gasteiger partial charge is 0.497 e. The van der Waals surface area contributed by atoms with E-state index in [0.717, 1.165) is 28.8 Å². The third kappa shape index (κ3) is 4.05. The first-order chi connectivity index (χ1) is 16.6. The molecule has 0 amide bonds. The number of methoxy groups -OCH3 is 1. The topological polar surface area (TPSA) is 42.3 Å². The SMILES string of the molecule is COc1ccc(-n2c(C)cc([C@H]3[C@@H](c4ccccn4)NC(=S)N3Cc3ccccc3)c2C)cc1. The number of hydrogen-bond acceptors (Lipinski definition) is 3. The third-order valence-electron chi connectivity index (χ3n) is 6.51. The van der Waals surface area contributed by atoms with Crippen molar-refractivity contribution in [3.8, 4) is 11.4 Å². The molecule has 0 radical (unpaired) electrons. The van der Waals surface area contributed by atoms with Gasteiger partial charge < -0.3 is 19.5 Å². The maximum Gasteiger partial charge on any atom is 0.170 e. The molecule has 1 saturated heterocycles. The van der Waals surface area contributed by atoms with Gasteiger partial charge in [0.2, 0.25) is 0 Å². The molecule has 3 heterocycles. The van der Waals surface area contributed by atoms with Crippen molar-refractivity contribution >= 4 is 17.3 Å². The van der Waals surface area contributed by atoms with E-state index in [4.69, 9.17) is 17.0 Å². The highest BCUT2D eigenvalue weighted by molar-refractivity contribution is 7.80. The van der Waals surface area contributed by atoms with Crippen molar-refractivity contribution in [1.82, 2.24) is 19.8 Å². The number of nitrogens with zero attached hydrogens (tertiary/aromatic N) is 3. The van der Waals surface area contributed by atoms with E-state index in [1.54, 1.807) is 7.11 Å². The van der Waals surface area contributed by atoms with Crippen LogP contribution in [-0.2, 0) is 6.54 Å². The van der Waals surface area contributed by atoms with Gasteiger partial charge >= 0.3 is 0 Å². The second-order valence-electron chi connectivity index (χ2n) is 8.60. The third-order valence-corrected chi connectivity index (χ3v) is 6.87. The number of aromatic nitrogens is 2. The number of hydrogen-bond donors (Lipinski definition) is 1. The second kappa shape index (κ2) is 9.31. The summed E-state index contributed by atoms with van der Waals surface area (Å²) in [6, 6.07) is 27.0. The van der Waals surface area contributed by atoms with Gasteiger partial charge in [0.05, 0.1) is 24.9 Å². The Kier molecular flexibility index (Phi) is 6.07. The van der Waals surface area contributed by atoms with Gasteiger partial charge in [0.1, 0.15) is 5.75 Å². The fourth-order valence-electron chi connectivity index (χ4n) is 4.91. The summed E-state index contributed by atoms with van der Waals surface area (Å²) in [7, 11) is 1.69. The molecule has 4 aromatic rings. The Balaban J connectivity index is 1.60. The Labute approximate surface area is 206 Å².